The number of benzene rings is 2. The second-order valence-electron chi connectivity index (χ2n) is 4.23. The normalized spacial score (nSPS) is 10.1. The molecule has 3 nitrogen and oxygen atoms in total. The number of nitrogens with one attached hydrogen (secondary N) is 1. The predicted molar refractivity (Wildman–Crippen MR) is 82.2 cm³/mol. The van der Waals surface area contributed by atoms with Crippen molar-refractivity contribution < 1.29 is 9.59 Å². The Kier molecular flexibility index (Phi) is 4.96. The maximum atomic E-state index is 12.0. The quantitative estimate of drug-likeness (QED) is 0.673. The smallest absolute Gasteiger partial charge is 0.190 e. The van der Waals surface area contributed by atoms with Crippen molar-refractivity contribution in [2.45, 2.75) is 11.8 Å². The van der Waals surface area contributed by atoms with Gasteiger partial charge in [-0.3, -0.25) is 9.59 Å². The number of carbonyl (C=O) groups is 2. The summed E-state index contributed by atoms with van der Waals surface area (Å²) in [5.74, 6) is 0.0215. The van der Waals surface area contributed by atoms with Gasteiger partial charge >= 0.3 is 0 Å². The van der Waals surface area contributed by atoms with Crippen molar-refractivity contribution >= 4 is 28.3 Å². The van der Waals surface area contributed by atoms with E-state index >= 15 is 0 Å². The molecule has 0 aliphatic carbocycles. The topological polar surface area (TPSA) is 46.2 Å². The molecule has 1 N–H and O–H groups in total. The zero-order valence-corrected chi connectivity index (χ0v) is 11.9. The molecular formula is C16H15NO2S. The van der Waals surface area contributed by atoms with Gasteiger partial charge in [0.2, 0.25) is 0 Å². The minimum Gasteiger partial charge on any atom is -0.377 e. The number of ketones is 1. The van der Waals surface area contributed by atoms with Crippen LogP contribution in [0.3, 0.4) is 0 Å². The summed E-state index contributed by atoms with van der Waals surface area (Å²) < 4.78 is 0. The molecule has 0 saturated carbocycles. The van der Waals surface area contributed by atoms with Gasteiger partial charge < -0.3 is 5.32 Å². The lowest BCUT2D eigenvalue weighted by atomic mass is 10.1. The van der Waals surface area contributed by atoms with Crippen LogP contribution in [-0.4, -0.2) is 17.4 Å². The molecule has 0 aliphatic rings. The van der Waals surface area contributed by atoms with Crippen molar-refractivity contribution in [1.29, 1.82) is 0 Å². The number of carbonyl (C=O) groups excluding carboxylic acids is 2. The first-order valence-corrected chi connectivity index (χ1v) is 7.08. The molecule has 0 atom stereocenters. The average molecular weight is 285 g/mol. The van der Waals surface area contributed by atoms with Crippen LogP contribution in [0.15, 0.2) is 59.5 Å². The number of thioether (sulfide) groups is 1. The summed E-state index contributed by atoms with van der Waals surface area (Å²) in [5, 5.41) is 3.12. The molecule has 0 spiro atoms. The molecule has 0 saturated heterocycles. The summed E-state index contributed by atoms with van der Waals surface area (Å²) in [6, 6.07) is 16.6. The van der Waals surface area contributed by atoms with Crippen LogP contribution >= 0.6 is 11.8 Å². The van der Waals surface area contributed by atoms with Crippen molar-refractivity contribution in [3.8, 4) is 0 Å². The Bertz CT molecular complexity index is 611. The van der Waals surface area contributed by atoms with Gasteiger partial charge in [-0.2, -0.15) is 0 Å². The molecule has 0 heterocycles. The first-order valence-electron chi connectivity index (χ1n) is 6.26. The van der Waals surface area contributed by atoms with Crippen molar-refractivity contribution in [2.75, 3.05) is 11.9 Å². The van der Waals surface area contributed by atoms with E-state index in [-0.39, 0.29) is 17.4 Å². The van der Waals surface area contributed by atoms with Gasteiger partial charge in [0.1, 0.15) is 0 Å². The van der Waals surface area contributed by atoms with E-state index in [1.54, 1.807) is 12.1 Å². The molecule has 102 valence electrons. The lowest BCUT2D eigenvalue weighted by molar-refractivity contribution is -0.109. The van der Waals surface area contributed by atoms with Gasteiger partial charge in [-0.05, 0) is 12.1 Å². The second-order valence-corrected chi connectivity index (χ2v) is 5.45. The molecule has 4 heteroatoms. The molecule has 2 rings (SSSR count). The molecule has 2 aromatic carbocycles. The van der Waals surface area contributed by atoms with E-state index in [0.29, 0.717) is 5.56 Å². The monoisotopic (exact) mass is 285 g/mol. The zero-order chi connectivity index (χ0) is 14.4. The Morgan fingerprint density at radius 2 is 1.65 bits per heavy atom. The summed E-state index contributed by atoms with van der Waals surface area (Å²) in [7, 11) is 0. The van der Waals surface area contributed by atoms with E-state index in [1.165, 1.54) is 6.92 Å². The number of Topliss-reactive ketones (excluding diaryl/α,β-unsaturated/α-hetero) is 1. The second kappa shape index (κ2) is 6.91. The highest BCUT2D eigenvalue weighted by Crippen LogP contribution is 2.27. The van der Waals surface area contributed by atoms with Crippen LogP contribution in [-0.2, 0) is 4.79 Å². The molecule has 0 fully saturated rings. The van der Waals surface area contributed by atoms with Crippen molar-refractivity contribution in [3.63, 3.8) is 0 Å². The van der Waals surface area contributed by atoms with Crippen molar-refractivity contribution in [1.82, 2.24) is 0 Å². The highest BCUT2D eigenvalue weighted by molar-refractivity contribution is 8.13. The van der Waals surface area contributed by atoms with Gasteiger partial charge in [-0.1, -0.05) is 54.2 Å². The van der Waals surface area contributed by atoms with Crippen LogP contribution < -0.4 is 5.32 Å². The molecule has 0 aliphatic heterocycles. The van der Waals surface area contributed by atoms with Crippen LogP contribution in [0.5, 0.6) is 0 Å². The molecule has 20 heavy (non-hydrogen) atoms. The van der Waals surface area contributed by atoms with Crippen LogP contribution in [0.4, 0.5) is 5.69 Å². The van der Waals surface area contributed by atoms with Crippen LogP contribution in [0, 0.1) is 0 Å². The average Bonchev–Trinajstić information content (AvgIpc) is 2.46. The zero-order valence-electron chi connectivity index (χ0n) is 11.1. The summed E-state index contributed by atoms with van der Waals surface area (Å²) >= 11 is 1.16. The Morgan fingerprint density at radius 1 is 1.00 bits per heavy atom. The maximum Gasteiger partial charge on any atom is 0.190 e. The van der Waals surface area contributed by atoms with Gasteiger partial charge in [0.25, 0.3) is 0 Å². The number of anilines is 1. The van der Waals surface area contributed by atoms with Gasteiger partial charge in [-0.25, -0.2) is 0 Å². The standard InChI is InChI=1S/C16H15NO2S/c1-12(18)20-16-10-6-5-9-14(16)17-11-15(19)13-7-3-2-4-8-13/h2-10,17H,11H2,1H3. The summed E-state index contributed by atoms with van der Waals surface area (Å²) in [4.78, 5) is 24.0. The summed E-state index contributed by atoms with van der Waals surface area (Å²) in [5.41, 5.74) is 1.48. The van der Waals surface area contributed by atoms with Crippen LogP contribution in [0.2, 0.25) is 0 Å². The van der Waals surface area contributed by atoms with E-state index in [9.17, 15) is 9.59 Å². The molecule has 0 aromatic heterocycles. The minimum atomic E-state index is 0.0215. The molecule has 0 bridgehead atoms. The molecule has 0 radical (unpaired) electrons. The Hall–Kier alpha value is -2.07. The number of hydrogen-bond acceptors (Lipinski definition) is 4. The number of rotatable bonds is 5. The predicted octanol–water partition coefficient (Wildman–Crippen LogP) is 3.62. The first-order chi connectivity index (χ1) is 9.66. The van der Waals surface area contributed by atoms with Gasteiger partial charge in [0.05, 0.1) is 6.54 Å². The first kappa shape index (κ1) is 14.3. The van der Waals surface area contributed by atoms with Crippen molar-refractivity contribution in [3.05, 3.63) is 60.2 Å². The van der Waals surface area contributed by atoms with E-state index in [2.05, 4.69) is 5.32 Å². The van der Waals surface area contributed by atoms with Crippen LogP contribution in [0.25, 0.3) is 0 Å². The number of hydrogen-bond donors (Lipinski definition) is 1. The highest BCUT2D eigenvalue weighted by atomic mass is 32.2. The van der Waals surface area contributed by atoms with E-state index in [0.717, 1.165) is 22.3 Å². The van der Waals surface area contributed by atoms with E-state index in [1.807, 2.05) is 42.5 Å². The summed E-state index contributed by atoms with van der Waals surface area (Å²) in [6.07, 6.45) is 0. The fourth-order valence-corrected chi connectivity index (χ4v) is 2.46. The fraction of sp³-hybridized carbons (Fsp3) is 0.125. The lowest BCUT2D eigenvalue weighted by Gasteiger charge is -2.10. The van der Waals surface area contributed by atoms with Crippen molar-refractivity contribution in [2.24, 2.45) is 0 Å². The third kappa shape index (κ3) is 3.96. The van der Waals surface area contributed by atoms with E-state index < -0.39 is 0 Å². The highest BCUT2D eigenvalue weighted by Gasteiger charge is 2.08. The summed E-state index contributed by atoms with van der Waals surface area (Å²) in [6.45, 7) is 1.73. The largest absolute Gasteiger partial charge is 0.377 e. The number of para-hydroxylation sites is 1. The van der Waals surface area contributed by atoms with Gasteiger partial charge in [-0.15, -0.1) is 0 Å². The minimum absolute atomic E-state index is 0.0215. The third-order valence-corrected chi connectivity index (χ3v) is 3.54. The van der Waals surface area contributed by atoms with Crippen LogP contribution in [0.1, 0.15) is 17.3 Å². The Labute approximate surface area is 122 Å². The Balaban J connectivity index is 2.04. The molecule has 0 unspecified atom stereocenters. The Morgan fingerprint density at radius 3 is 2.35 bits per heavy atom. The SMILES string of the molecule is CC(=O)Sc1ccccc1NCC(=O)c1ccccc1. The maximum absolute atomic E-state index is 12.0. The third-order valence-electron chi connectivity index (χ3n) is 2.68. The molecule has 0 amide bonds. The lowest BCUT2D eigenvalue weighted by Crippen LogP contribution is -2.14. The molecular weight excluding hydrogens is 270 g/mol. The van der Waals surface area contributed by atoms with Gasteiger partial charge in [0.15, 0.2) is 10.9 Å². The van der Waals surface area contributed by atoms with E-state index in [4.69, 9.17) is 0 Å². The van der Waals surface area contributed by atoms with Gasteiger partial charge in [0, 0.05) is 23.1 Å². The fourth-order valence-electron chi connectivity index (χ4n) is 1.76. The molecule has 2 aromatic rings.